The summed E-state index contributed by atoms with van der Waals surface area (Å²) in [5.41, 5.74) is 1.71. The van der Waals surface area contributed by atoms with E-state index < -0.39 is 0 Å². The number of aliphatic imine (C=N–C) groups is 1. The number of nitrogens with zero attached hydrogens (tertiary/aromatic N) is 1. The molecule has 6 nitrogen and oxygen atoms in total. The van der Waals surface area contributed by atoms with Gasteiger partial charge in [-0.05, 0) is 37.0 Å². The number of rotatable bonds is 10. The third-order valence-electron chi connectivity index (χ3n) is 3.59. The fourth-order valence-electron chi connectivity index (χ4n) is 2.08. The van der Waals surface area contributed by atoms with Crippen molar-refractivity contribution in [3.05, 3.63) is 35.4 Å². The first-order valence-electron chi connectivity index (χ1n) is 8.97. The zero-order valence-electron chi connectivity index (χ0n) is 15.9. The standard InChI is InChI=1S/C19H32N4O2/c1-5-21-19(22-11-13-25-12-10-15(2)3)23-14-16-6-8-17(9-7-16)18(24)20-4/h6-9,15H,5,10-14H2,1-4H3,(H,20,24)(H2,21,22,23). The minimum absolute atomic E-state index is 0.0810. The maximum atomic E-state index is 11.5. The summed E-state index contributed by atoms with van der Waals surface area (Å²) in [6.45, 7) is 9.96. The Hall–Kier alpha value is -2.08. The Kier molecular flexibility index (Phi) is 10.3. The summed E-state index contributed by atoms with van der Waals surface area (Å²) in [6, 6.07) is 7.47. The summed E-state index contributed by atoms with van der Waals surface area (Å²) < 4.78 is 5.60. The van der Waals surface area contributed by atoms with Crippen LogP contribution >= 0.6 is 0 Å². The molecule has 3 N–H and O–H groups in total. The van der Waals surface area contributed by atoms with Crippen LogP contribution in [0.15, 0.2) is 29.3 Å². The third kappa shape index (κ3) is 9.10. The SMILES string of the molecule is CCNC(=NCc1ccc(C(=O)NC)cc1)NCCOCCC(C)C. The predicted octanol–water partition coefficient (Wildman–Crippen LogP) is 2.16. The van der Waals surface area contributed by atoms with Gasteiger partial charge in [0, 0.05) is 32.3 Å². The fraction of sp³-hybridized carbons (Fsp3) is 0.579. The normalized spacial score (nSPS) is 11.5. The van der Waals surface area contributed by atoms with Crippen LogP contribution in [0, 0.1) is 5.92 Å². The molecular weight excluding hydrogens is 316 g/mol. The molecular formula is C19H32N4O2. The van der Waals surface area contributed by atoms with Crippen LogP contribution in [0.4, 0.5) is 0 Å². The summed E-state index contributed by atoms with van der Waals surface area (Å²) in [5.74, 6) is 1.36. The molecule has 0 aliphatic rings. The Morgan fingerprint density at radius 3 is 2.48 bits per heavy atom. The molecule has 0 fully saturated rings. The number of carbonyl (C=O) groups is 1. The highest BCUT2D eigenvalue weighted by atomic mass is 16.5. The molecule has 1 aromatic rings. The highest BCUT2D eigenvalue weighted by Crippen LogP contribution is 2.05. The highest BCUT2D eigenvalue weighted by Gasteiger charge is 2.02. The topological polar surface area (TPSA) is 74.8 Å². The second-order valence-electron chi connectivity index (χ2n) is 6.19. The van der Waals surface area contributed by atoms with Crippen molar-refractivity contribution in [1.82, 2.24) is 16.0 Å². The number of amides is 1. The first kappa shape index (κ1) is 21.0. The molecule has 0 atom stereocenters. The van der Waals surface area contributed by atoms with E-state index in [9.17, 15) is 4.79 Å². The van der Waals surface area contributed by atoms with Gasteiger partial charge < -0.3 is 20.7 Å². The lowest BCUT2D eigenvalue weighted by Gasteiger charge is -2.12. The summed E-state index contributed by atoms with van der Waals surface area (Å²) in [6.07, 6.45) is 1.08. The van der Waals surface area contributed by atoms with Gasteiger partial charge >= 0.3 is 0 Å². The van der Waals surface area contributed by atoms with Crippen LogP contribution in [0.5, 0.6) is 0 Å². The van der Waals surface area contributed by atoms with E-state index in [0.717, 1.165) is 37.6 Å². The second-order valence-corrected chi connectivity index (χ2v) is 6.19. The van der Waals surface area contributed by atoms with Crippen molar-refractivity contribution in [3.8, 4) is 0 Å². The smallest absolute Gasteiger partial charge is 0.251 e. The Morgan fingerprint density at radius 2 is 1.88 bits per heavy atom. The minimum atomic E-state index is -0.0810. The zero-order chi connectivity index (χ0) is 18.5. The third-order valence-corrected chi connectivity index (χ3v) is 3.59. The van der Waals surface area contributed by atoms with E-state index in [-0.39, 0.29) is 5.91 Å². The molecule has 6 heteroatoms. The fourth-order valence-corrected chi connectivity index (χ4v) is 2.08. The van der Waals surface area contributed by atoms with Crippen LogP contribution in [0.25, 0.3) is 0 Å². The number of hydrogen-bond donors (Lipinski definition) is 3. The van der Waals surface area contributed by atoms with Gasteiger partial charge in [0.05, 0.1) is 13.2 Å². The van der Waals surface area contributed by atoms with Crippen LogP contribution in [0.2, 0.25) is 0 Å². The van der Waals surface area contributed by atoms with Gasteiger partial charge in [-0.2, -0.15) is 0 Å². The molecule has 25 heavy (non-hydrogen) atoms. The van der Waals surface area contributed by atoms with Crippen LogP contribution in [0.1, 0.15) is 43.1 Å². The van der Waals surface area contributed by atoms with Crippen molar-refractivity contribution >= 4 is 11.9 Å². The molecule has 1 aromatic carbocycles. The van der Waals surface area contributed by atoms with E-state index in [1.165, 1.54) is 0 Å². The maximum absolute atomic E-state index is 11.5. The lowest BCUT2D eigenvalue weighted by molar-refractivity contribution is 0.0963. The van der Waals surface area contributed by atoms with Gasteiger partial charge in [0.1, 0.15) is 0 Å². The highest BCUT2D eigenvalue weighted by molar-refractivity contribution is 5.93. The van der Waals surface area contributed by atoms with Crippen molar-refractivity contribution in [2.75, 3.05) is 33.4 Å². The maximum Gasteiger partial charge on any atom is 0.251 e. The van der Waals surface area contributed by atoms with Gasteiger partial charge in [0.25, 0.3) is 5.91 Å². The number of benzene rings is 1. The van der Waals surface area contributed by atoms with Crippen molar-refractivity contribution in [1.29, 1.82) is 0 Å². The van der Waals surface area contributed by atoms with Crippen molar-refractivity contribution in [2.24, 2.45) is 10.9 Å². The Balaban J connectivity index is 2.42. The molecule has 0 heterocycles. The lowest BCUT2D eigenvalue weighted by atomic mass is 10.1. The molecule has 0 unspecified atom stereocenters. The Bertz CT molecular complexity index is 527. The molecule has 0 aromatic heterocycles. The molecule has 1 amide bonds. The molecule has 0 saturated heterocycles. The van der Waals surface area contributed by atoms with Crippen LogP contribution in [-0.2, 0) is 11.3 Å². The molecule has 0 aliphatic heterocycles. The van der Waals surface area contributed by atoms with E-state index in [4.69, 9.17) is 4.74 Å². The summed E-state index contributed by atoms with van der Waals surface area (Å²) in [4.78, 5) is 16.1. The van der Waals surface area contributed by atoms with Gasteiger partial charge in [0.15, 0.2) is 5.96 Å². The molecule has 0 radical (unpaired) electrons. The molecule has 0 spiro atoms. The number of nitrogens with one attached hydrogen (secondary N) is 3. The first-order valence-corrected chi connectivity index (χ1v) is 8.97. The van der Waals surface area contributed by atoms with Crippen molar-refractivity contribution < 1.29 is 9.53 Å². The molecule has 1 rings (SSSR count). The number of guanidine groups is 1. The predicted molar refractivity (Wildman–Crippen MR) is 103 cm³/mol. The van der Waals surface area contributed by atoms with Gasteiger partial charge in [-0.15, -0.1) is 0 Å². The van der Waals surface area contributed by atoms with Crippen LogP contribution in [-0.4, -0.2) is 45.2 Å². The Labute approximate surface area is 151 Å². The number of ether oxygens (including phenoxy) is 1. The second kappa shape index (κ2) is 12.3. The van der Waals surface area contributed by atoms with E-state index in [0.29, 0.717) is 24.6 Å². The monoisotopic (exact) mass is 348 g/mol. The van der Waals surface area contributed by atoms with Gasteiger partial charge in [0.2, 0.25) is 0 Å². The van der Waals surface area contributed by atoms with Gasteiger partial charge in [-0.25, -0.2) is 4.99 Å². The number of carbonyl (C=O) groups excluding carboxylic acids is 1. The average molecular weight is 348 g/mol. The molecule has 0 bridgehead atoms. The summed E-state index contributed by atoms with van der Waals surface area (Å²) >= 11 is 0. The van der Waals surface area contributed by atoms with Crippen LogP contribution < -0.4 is 16.0 Å². The molecule has 0 aliphatic carbocycles. The van der Waals surface area contributed by atoms with Crippen molar-refractivity contribution in [3.63, 3.8) is 0 Å². The van der Waals surface area contributed by atoms with E-state index in [2.05, 4.69) is 34.8 Å². The van der Waals surface area contributed by atoms with E-state index in [1.807, 2.05) is 31.2 Å². The molecule has 140 valence electrons. The summed E-state index contributed by atoms with van der Waals surface area (Å²) in [5, 5.41) is 9.10. The van der Waals surface area contributed by atoms with E-state index >= 15 is 0 Å². The average Bonchev–Trinajstić information content (AvgIpc) is 2.62. The van der Waals surface area contributed by atoms with Crippen LogP contribution in [0.3, 0.4) is 0 Å². The van der Waals surface area contributed by atoms with Gasteiger partial charge in [-0.1, -0.05) is 26.0 Å². The van der Waals surface area contributed by atoms with Crippen molar-refractivity contribution in [2.45, 2.75) is 33.7 Å². The van der Waals surface area contributed by atoms with E-state index in [1.54, 1.807) is 7.05 Å². The minimum Gasteiger partial charge on any atom is -0.380 e. The summed E-state index contributed by atoms with van der Waals surface area (Å²) in [7, 11) is 1.63. The molecule has 0 saturated carbocycles. The van der Waals surface area contributed by atoms with Gasteiger partial charge in [-0.3, -0.25) is 4.79 Å². The first-order chi connectivity index (χ1) is 12.1. The number of hydrogen-bond acceptors (Lipinski definition) is 3. The Morgan fingerprint density at radius 1 is 1.16 bits per heavy atom. The quantitative estimate of drug-likeness (QED) is 0.344. The largest absolute Gasteiger partial charge is 0.380 e. The zero-order valence-corrected chi connectivity index (χ0v) is 15.9. The lowest BCUT2D eigenvalue weighted by Crippen LogP contribution is -2.39.